The van der Waals surface area contributed by atoms with Crippen molar-refractivity contribution in [2.45, 2.75) is 38.1 Å². The highest BCUT2D eigenvalue weighted by atomic mass is 19.2. The van der Waals surface area contributed by atoms with Gasteiger partial charge in [-0.1, -0.05) is 30.3 Å². The number of aromatic amines is 1. The van der Waals surface area contributed by atoms with E-state index in [1.54, 1.807) is 0 Å². The second kappa shape index (κ2) is 8.65. The number of H-pyrrole nitrogens is 1. The van der Waals surface area contributed by atoms with E-state index in [9.17, 15) is 18.4 Å². The molecule has 1 saturated carbocycles. The molecule has 5 nitrogen and oxygen atoms in total. The summed E-state index contributed by atoms with van der Waals surface area (Å²) in [6.07, 6.45) is 6.08. The molecule has 1 aliphatic carbocycles. The minimum atomic E-state index is -1.02. The zero-order valence-corrected chi connectivity index (χ0v) is 16.4. The van der Waals surface area contributed by atoms with Crippen LogP contribution in [0.3, 0.4) is 0 Å². The first-order valence-electron chi connectivity index (χ1n) is 10.1. The normalized spacial score (nSPS) is 18.9. The fourth-order valence-electron chi connectivity index (χ4n) is 4.11. The topological polar surface area (TPSA) is 74.0 Å². The maximum atomic E-state index is 13.5. The van der Waals surface area contributed by atoms with E-state index in [1.165, 1.54) is 11.8 Å². The first-order chi connectivity index (χ1) is 14.5. The van der Waals surface area contributed by atoms with Crippen molar-refractivity contribution in [2.75, 3.05) is 5.32 Å². The Morgan fingerprint density at radius 1 is 0.967 bits per heavy atom. The lowest BCUT2D eigenvalue weighted by atomic mass is 9.82. The van der Waals surface area contributed by atoms with Crippen LogP contribution in [0.2, 0.25) is 0 Å². The molecule has 7 heteroatoms. The molecule has 0 saturated heterocycles. The molecule has 0 unspecified atom stereocenters. The molecular formula is C23H23F2N3O2. The summed E-state index contributed by atoms with van der Waals surface area (Å²) >= 11 is 0. The van der Waals surface area contributed by atoms with Crippen LogP contribution in [0.15, 0.2) is 48.7 Å². The average molecular weight is 411 g/mol. The van der Waals surface area contributed by atoms with Crippen LogP contribution in [-0.4, -0.2) is 22.8 Å². The molecule has 0 spiro atoms. The molecule has 2 amide bonds. The lowest BCUT2D eigenvalue weighted by Gasteiger charge is -2.29. The third kappa shape index (κ3) is 4.50. The van der Waals surface area contributed by atoms with Crippen molar-refractivity contribution < 1.29 is 18.4 Å². The highest BCUT2D eigenvalue weighted by Gasteiger charge is 2.25. The molecule has 2 aromatic carbocycles. The SMILES string of the molecule is O=C(Nc1c[nH]c2cc(F)c(F)cc12)C(=O)NC1CCC(Cc2ccccc2)CC1. The van der Waals surface area contributed by atoms with Gasteiger partial charge in [0.15, 0.2) is 11.6 Å². The Morgan fingerprint density at radius 2 is 1.67 bits per heavy atom. The van der Waals surface area contributed by atoms with Gasteiger partial charge in [0, 0.05) is 23.7 Å². The van der Waals surface area contributed by atoms with Gasteiger partial charge < -0.3 is 15.6 Å². The van der Waals surface area contributed by atoms with Gasteiger partial charge >= 0.3 is 11.8 Å². The molecule has 1 fully saturated rings. The molecule has 30 heavy (non-hydrogen) atoms. The Bertz CT molecular complexity index is 1060. The lowest BCUT2D eigenvalue weighted by Crippen LogP contribution is -2.43. The Hall–Kier alpha value is -3.22. The molecule has 1 aromatic heterocycles. The largest absolute Gasteiger partial charge is 0.359 e. The highest BCUT2D eigenvalue weighted by molar-refractivity contribution is 6.40. The van der Waals surface area contributed by atoms with Crippen LogP contribution in [0.1, 0.15) is 31.2 Å². The summed E-state index contributed by atoms with van der Waals surface area (Å²) in [5, 5.41) is 5.56. The molecule has 1 aliphatic rings. The quantitative estimate of drug-likeness (QED) is 0.560. The number of rotatable bonds is 4. The Balaban J connectivity index is 1.29. The number of nitrogens with one attached hydrogen (secondary N) is 3. The van der Waals surface area contributed by atoms with E-state index < -0.39 is 23.4 Å². The second-order valence-electron chi connectivity index (χ2n) is 7.85. The van der Waals surface area contributed by atoms with Gasteiger partial charge in [-0.05, 0) is 49.7 Å². The van der Waals surface area contributed by atoms with E-state index in [2.05, 4.69) is 27.8 Å². The molecule has 0 atom stereocenters. The first kappa shape index (κ1) is 20.1. The molecule has 0 bridgehead atoms. The summed E-state index contributed by atoms with van der Waals surface area (Å²) in [5.41, 5.74) is 1.89. The lowest BCUT2D eigenvalue weighted by molar-refractivity contribution is -0.136. The molecule has 3 N–H and O–H groups in total. The smallest absolute Gasteiger partial charge is 0.313 e. The molecular weight excluding hydrogens is 388 g/mol. The minimum absolute atomic E-state index is 0.0372. The van der Waals surface area contributed by atoms with Crippen LogP contribution in [0.25, 0.3) is 10.9 Å². The third-order valence-corrected chi connectivity index (χ3v) is 5.73. The van der Waals surface area contributed by atoms with E-state index in [-0.39, 0.29) is 11.7 Å². The molecule has 1 heterocycles. The van der Waals surface area contributed by atoms with Gasteiger partial charge in [0.25, 0.3) is 0 Å². The monoisotopic (exact) mass is 411 g/mol. The van der Waals surface area contributed by atoms with Crippen molar-refractivity contribution in [2.24, 2.45) is 5.92 Å². The van der Waals surface area contributed by atoms with Crippen LogP contribution < -0.4 is 10.6 Å². The van der Waals surface area contributed by atoms with Crippen molar-refractivity contribution in [1.29, 1.82) is 0 Å². The van der Waals surface area contributed by atoms with Crippen LogP contribution in [0.5, 0.6) is 0 Å². The number of carbonyl (C=O) groups excluding carboxylic acids is 2. The standard InChI is InChI=1S/C23H23F2N3O2/c24-18-11-17-20(12-19(18)25)26-13-21(17)28-23(30)22(29)27-16-8-6-15(7-9-16)10-14-4-2-1-3-5-14/h1-5,11-13,15-16,26H,6-10H2,(H,27,29)(H,28,30). The van der Waals surface area contributed by atoms with Crippen molar-refractivity contribution in [3.63, 3.8) is 0 Å². The zero-order chi connectivity index (χ0) is 21.1. The number of carbonyl (C=O) groups is 2. The molecule has 4 rings (SSSR count). The fraction of sp³-hybridized carbons (Fsp3) is 0.304. The number of amides is 2. The number of halogens is 2. The van der Waals surface area contributed by atoms with Crippen molar-refractivity contribution in [1.82, 2.24) is 10.3 Å². The maximum absolute atomic E-state index is 13.5. The molecule has 0 radical (unpaired) electrons. The van der Waals surface area contributed by atoms with E-state index in [0.717, 1.165) is 44.2 Å². The highest BCUT2D eigenvalue weighted by Crippen LogP contribution is 2.28. The zero-order valence-electron chi connectivity index (χ0n) is 16.4. The predicted molar refractivity (Wildman–Crippen MR) is 111 cm³/mol. The molecule has 0 aliphatic heterocycles. The summed E-state index contributed by atoms with van der Waals surface area (Å²) in [7, 11) is 0. The number of anilines is 1. The van der Waals surface area contributed by atoms with E-state index >= 15 is 0 Å². The number of aromatic nitrogens is 1. The minimum Gasteiger partial charge on any atom is -0.359 e. The summed E-state index contributed by atoms with van der Waals surface area (Å²) in [5.74, 6) is -2.97. The van der Waals surface area contributed by atoms with Crippen LogP contribution >= 0.6 is 0 Å². The van der Waals surface area contributed by atoms with Crippen molar-refractivity contribution >= 4 is 28.4 Å². The van der Waals surface area contributed by atoms with Crippen LogP contribution in [0, 0.1) is 17.6 Å². The van der Waals surface area contributed by atoms with Crippen LogP contribution in [0.4, 0.5) is 14.5 Å². The Labute approximate surface area is 172 Å². The Morgan fingerprint density at radius 3 is 2.40 bits per heavy atom. The van der Waals surface area contributed by atoms with Gasteiger partial charge in [-0.2, -0.15) is 0 Å². The number of hydrogen-bond acceptors (Lipinski definition) is 2. The van der Waals surface area contributed by atoms with Gasteiger partial charge in [0.1, 0.15) is 0 Å². The first-order valence-corrected chi connectivity index (χ1v) is 10.1. The summed E-state index contributed by atoms with van der Waals surface area (Å²) in [6.45, 7) is 0. The summed E-state index contributed by atoms with van der Waals surface area (Å²) in [6, 6.07) is 12.3. The van der Waals surface area contributed by atoms with Gasteiger partial charge in [0.05, 0.1) is 11.2 Å². The van der Waals surface area contributed by atoms with Gasteiger partial charge in [-0.25, -0.2) is 8.78 Å². The summed E-state index contributed by atoms with van der Waals surface area (Å²) in [4.78, 5) is 27.3. The Kier molecular flexibility index (Phi) is 5.79. The number of hydrogen-bond donors (Lipinski definition) is 3. The van der Waals surface area contributed by atoms with Gasteiger partial charge in [-0.15, -0.1) is 0 Å². The van der Waals surface area contributed by atoms with E-state index in [4.69, 9.17) is 0 Å². The molecule has 156 valence electrons. The predicted octanol–water partition coefficient (Wildman–Crippen LogP) is 4.30. The van der Waals surface area contributed by atoms with E-state index in [1.807, 2.05) is 18.2 Å². The van der Waals surface area contributed by atoms with Crippen molar-refractivity contribution in [3.05, 3.63) is 65.9 Å². The van der Waals surface area contributed by atoms with E-state index in [0.29, 0.717) is 16.8 Å². The van der Waals surface area contributed by atoms with Crippen LogP contribution in [-0.2, 0) is 16.0 Å². The van der Waals surface area contributed by atoms with Gasteiger partial charge in [-0.3, -0.25) is 9.59 Å². The van der Waals surface area contributed by atoms with Crippen molar-refractivity contribution in [3.8, 4) is 0 Å². The number of fused-ring (bicyclic) bond motifs is 1. The third-order valence-electron chi connectivity index (χ3n) is 5.73. The maximum Gasteiger partial charge on any atom is 0.313 e. The number of benzene rings is 2. The summed E-state index contributed by atoms with van der Waals surface area (Å²) < 4.78 is 26.8. The molecule has 3 aromatic rings. The fourth-order valence-corrected chi connectivity index (χ4v) is 4.11. The van der Waals surface area contributed by atoms with Gasteiger partial charge in [0.2, 0.25) is 0 Å². The average Bonchev–Trinajstić information content (AvgIpc) is 3.12. The second-order valence-corrected chi connectivity index (χ2v) is 7.85.